The van der Waals surface area contributed by atoms with Gasteiger partial charge in [-0.3, -0.25) is 0 Å². The van der Waals surface area contributed by atoms with Crippen LogP contribution in [0.15, 0.2) is 47.4 Å². The van der Waals surface area contributed by atoms with Crippen LogP contribution in [0.5, 0.6) is 0 Å². The molecule has 1 aromatic heterocycles. The molecular formula is C18H18ClN3S. The largest absolute Gasteiger partial charge is 0.358 e. The molecule has 0 radical (unpaired) electrons. The van der Waals surface area contributed by atoms with Crippen molar-refractivity contribution in [1.82, 2.24) is 9.88 Å². The van der Waals surface area contributed by atoms with Crippen LogP contribution < -0.4 is 4.72 Å². The van der Waals surface area contributed by atoms with Crippen molar-refractivity contribution in [2.24, 2.45) is 0 Å². The number of fused-ring (bicyclic) bond motifs is 3. The van der Waals surface area contributed by atoms with E-state index in [2.05, 4.69) is 39.9 Å². The van der Waals surface area contributed by atoms with Gasteiger partial charge in [0.2, 0.25) is 0 Å². The lowest BCUT2D eigenvalue weighted by Crippen LogP contribution is -2.25. The van der Waals surface area contributed by atoms with Crippen molar-refractivity contribution in [2.75, 3.05) is 18.3 Å². The average molecular weight is 344 g/mol. The third kappa shape index (κ3) is 3.07. The molecule has 0 amide bonds. The highest BCUT2D eigenvalue weighted by Gasteiger charge is 2.18. The molecule has 118 valence electrons. The Morgan fingerprint density at radius 1 is 1.22 bits per heavy atom. The topological polar surface area (TPSA) is 31.1 Å². The number of aromatic amines is 1. The van der Waals surface area contributed by atoms with Crippen LogP contribution in [0.1, 0.15) is 11.3 Å². The van der Waals surface area contributed by atoms with Crippen molar-refractivity contribution < 1.29 is 0 Å². The van der Waals surface area contributed by atoms with Gasteiger partial charge in [0.15, 0.2) is 0 Å². The molecule has 2 heterocycles. The van der Waals surface area contributed by atoms with Gasteiger partial charge in [-0.1, -0.05) is 17.7 Å². The van der Waals surface area contributed by atoms with Gasteiger partial charge in [-0.2, -0.15) is 0 Å². The van der Waals surface area contributed by atoms with Crippen LogP contribution >= 0.6 is 23.5 Å². The number of nitrogens with one attached hydrogen (secondary N) is 2. The molecule has 1 aliphatic rings. The number of H-pyrrole nitrogens is 1. The van der Waals surface area contributed by atoms with Crippen LogP contribution in [-0.4, -0.2) is 23.5 Å². The van der Waals surface area contributed by atoms with Gasteiger partial charge < -0.3 is 14.6 Å². The van der Waals surface area contributed by atoms with E-state index in [1.807, 2.05) is 24.3 Å². The summed E-state index contributed by atoms with van der Waals surface area (Å²) in [6.45, 7) is 2.14. The molecular weight excluding hydrogens is 326 g/mol. The first kappa shape index (κ1) is 14.9. The van der Waals surface area contributed by atoms with Crippen molar-refractivity contribution in [3.8, 4) is 0 Å². The second kappa shape index (κ2) is 6.11. The maximum atomic E-state index is 6.03. The first-order valence-corrected chi connectivity index (χ1v) is 8.89. The fourth-order valence-electron chi connectivity index (χ4n) is 3.06. The third-order valence-corrected chi connectivity index (χ3v) is 5.31. The molecule has 1 aliphatic heterocycles. The number of aromatic nitrogens is 1. The molecule has 0 fully saturated rings. The Balaban J connectivity index is 1.60. The van der Waals surface area contributed by atoms with Gasteiger partial charge >= 0.3 is 0 Å². The van der Waals surface area contributed by atoms with Crippen LogP contribution in [0, 0.1) is 0 Å². The van der Waals surface area contributed by atoms with Gasteiger partial charge in [0.1, 0.15) is 0 Å². The van der Waals surface area contributed by atoms with E-state index in [1.54, 1.807) is 11.9 Å². The fraction of sp³-hybridized carbons (Fsp3) is 0.222. The van der Waals surface area contributed by atoms with Crippen molar-refractivity contribution in [1.29, 1.82) is 0 Å². The first-order chi connectivity index (χ1) is 11.2. The minimum absolute atomic E-state index is 0.744. The summed E-state index contributed by atoms with van der Waals surface area (Å²) in [6, 6.07) is 14.4. The number of hydrogen-bond donors (Lipinski definition) is 2. The minimum atomic E-state index is 0.744. The number of benzene rings is 2. The molecule has 2 aromatic carbocycles. The van der Waals surface area contributed by atoms with Crippen molar-refractivity contribution in [2.45, 2.75) is 17.9 Å². The molecule has 2 N–H and O–H groups in total. The molecule has 4 rings (SSSR count). The van der Waals surface area contributed by atoms with E-state index >= 15 is 0 Å². The monoisotopic (exact) mass is 343 g/mol. The molecule has 0 atom stereocenters. The number of likely N-dealkylation sites (N-methyl/N-ethyl adjacent to an activating group) is 1. The SMILES string of the molecule is CN1CCc2[nH]c3ccc(SNc4cccc(Cl)c4)cc3c2C1. The molecule has 0 spiro atoms. The van der Waals surface area contributed by atoms with Gasteiger partial charge in [0.25, 0.3) is 0 Å². The van der Waals surface area contributed by atoms with Gasteiger partial charge in [0, 0.05) is 51.7 Å². The molecule has 0 saturated heterocycles. The van der Waals surface area contributed by atoms with Gasteiger partial charge in [-0.15, -0.1) is 0 Å². The summed E-state index contributed by atoms with van der Waals surface area (Å²) in [4.78, 5) is 7.15. The Kier molecular flexibility index (Phi) is 3.97. The van der Waals surface area contributed by atoms with Gasteiger partial charge in [-0.25, -0.2) is 0 Å². The highest BCUT2D eigenvalue weighted by molar-refractivity contribution is 8.00. The van der Waals surface area contributed by atoms with E-state index in [9.17, 15) is 0 Å². The lowest BCUT2D eigenvalue weighted by atomic mass is 10.1. The number of nitrogens with zero attached hydrogens (tertiary/aromatic N) is 1. The fourth-order valence-corrected chi connectivity index (χ4v) is 3.93. The van der Waals surface area contributed by atoms with E-state index in [0.29, 0.717) is 0 Å². The smallest absolute Gasteiger partial charge is 0.0460 e. The Morgan fingerprint density at radius 3 is 3.00 bits per heavy atom. The van der Waals surface area contributed by atoms with Crippen LogP contribution in [0.25, 0.3) is 10.9 Å². The van der Waals surface area contributed by atoms with E-state index in [4.69, 9.17) is 11.6 Å². The Morgan fingerprint density at radius 2 is 2.13 bits per heavy atom. The molecule has 5 heteroatoms. The van der Waals surface area contributed by atoms with E-state index < -0.39 is 0 Å². The molecule has 0 unspecified atom stereocenters. The molecule has 3 nitrogen and oxygen atoms in total. The zero-order chi connectivity index (χ0) is 15.8. The predicted octanol–water partition coefficient (Wildman–Crippen LogP) is 4.93. The molecule has 0 aliphatic carbocycles. The number of rotatable bonds is 3. The molecule has 3 aromatic rings. The minimum Gasteiger partial charge on any atom is -0.358 e. The predicted molar refractivity (Wildman–Crippen MR) is 99.3 cm³/mol. The zero-order valence-corrected chi connectivity index (χ0v) is 14.5. The summed E-state index contributed by atoms with van der Waals surface area (Å²) in [5, 5.41) is 2.08. The highest BCUT2D eigenvalue weighted by Crippen LogP contribution is 2.31. The summed E-state index contributed by atoms with van der Waals surface area (Å²) < 4.78 is 3.36. The lowest BCUT2D eigenvalue weighted by molar-refractivity contribution is 0.313. The van der Waals surface area contributed by atoms with Crippen LogP contribution in [-0.2, 0) is 13.0 Å². The summed E-state index contributed by atoms with van der Waals surface area (Å²) >= 11 is 7.64. The first-order valence-electron chi connectivity index (χ1n) is 7.69. The lowest BCUT2D eigenvalue weighted by Gasteiger charge is -2.22. The second-order valence-corrected chi connectivity index (χ2v) is 7.31. The van der Waals surface area contributed by atoms with E-state index in [-0.39, 0.29) is 0 Å². The number of halogens is 1. The standard InChI is InChI=1S/C18H18ClN3S/c1-22-8-7-18-16(11-22)15-10-14(5-6-17(15)20-18)23-21-13-4-2-3-12(19)9-13/h2-6,9-10,20-21H,7-8,11H2,1H3. The Bertz CT molecular complexity index is 859. The summed E-state index contributed by atoms with van der Waals surface area (Å²) in [6.07, 6.45) is 1.10. The number of anilines is 1. The maximum absolute atomic E-state index is 6.03. The van der Waals surface area contributed by atoms with Crippen molar-refractivity contribution >= 4 is 40.1 Å². The van der Waals surface area contributed by atoms with Crippen molar-refractivity contribution in [3.05, 3.63) is 58.7 Å². The summed E-state index contributed by atoms with van der Waals surface area (Å²) in [7, 11) is 2.18. The molecule has 0 saturated carbocycles. The van der Waals surface area contributed by atoms with Gasteiger partial charge in [-0.05, 0) is 61.0 Å². The average Bonchev–Trinajstić information content (AvgIpc) is 2.90. The molecule has 0 bridgehead atoms. The third-order valence-electron chi connectivity index (χ3n) is 4.25. The number of hydrogen-bond acceptors (Lipinski definition) is 3. The summed E-state index contributed by atoms with van der Waals surface area (Å²) in [5.41, 5.74) is 5.08. The van der Waals surface area contributed by atoms with E-state index in [0.717, 1.165) is 30.2 Å². The van der Waals surface area contributed by atoms with Crippen LogP contribution in [0.4, 0.5) is 5.69 Å². The molecule has 23 heavy (non-hydrogen) atoms. The Hall–Kier alpha value is -1.62. The summed E-state index contributed by atoms with van der Waals surface area (Å²) in [5.74, 6) is 0. The Labute approximate surface area is 145 Å². The quantitative estimate of drug-likeness (QED) is 0.661. The normalized spacial score (nSPS) is 14.9. The van der Waals surface area contributed by atoms with Crippen molar-refractivity contribution in [3.63, 3.8) is 0 Å². The highest BCUT2D eigenvalue weighted by atomic mass is 35.5. The maximum Gasteiger partial charge on any atom is 0.0460 e. The second-order valence-electron chi connectivity index (χ2n) is 5.99. The van der Waals surface area contributed by atoms with Crippen LogP contribution in [0.2, 0.25) is 5.02 Å². The zero-order valence-electron chi connectivity index (χ0n) is 12.9. The van der Waals surface area contributed by atoms with Crippen LogP contribution in [0.3, 0.4) is 0 Å². The van der Waals surface area contributed by atoms with E-state index in [1.165, 1.54) is 27.1 Å². The van der Waals surface area contributed by atoms with Gasteiger partial charge in [0.05, 0.1) is 0 Å².